The van der Waals surface area contributed by atoms with Crippen LogP contribution in [0.3, 0.4) is 0 Å². The van der Waals surface area contributed by atoms with Crippen molar-refractivity contribution >= 4 is 5.91 Å². The maximum atomic E-state index is 11.3. The molecule has 0 aromatic carbocycles. The zero-order valence-electron chi connectivity index (χ0n) is 11.0. The van der Waals surface area contributed by atoms with Gasteiger partial charge < -0.3 is 9.80 Å². The van der Waals surface area contributed by atoms with E-state index in [1.165, 1.54) is 0 Å². The Labute approximate surface area is 98.9 Å². The minimum Gasteiger partial charge on any atom is -0.308 e. The van der Waals surface area contributed by atoms with E-state index >= 15 is 0 Å². The molecule has 0 bridgehead atoms. The number of likely N-dealkylation sites (N-methyl/N-ethyl adjacent to an activating group) is 1. The predicted octanol–water partition coefficient (Wildman–Crippen LogP) is -0.114. The lowest BCUT2D eigenvalue weighted by molar-refractivity contribution is -0.125. The molecule has 0 saturated carbocycles. The SMILES string of the molecule is CCCN(CCN(C)C)CC(C)C(=O)NN. The Morgan fingerprint density at radius 1 is 1.31 bits per heavy atom. The molecule has 1 unspecified atom stereocenters. The summed E-state index contributed by atoms with van der Waals surface area (Å²) in [6.45, 7) is 7.84. The highest BCUT2D eigenvalue weighted by atomic mass is 16.2. The standard InChI is InChI=1S/C11H26N4O/c1-5-6-15(8-7-14(3)4)9-10(2)11(16)13-12/h10H,5-9,12H2,1-4H3,(H,13,16). The van der Waals surface area contributed by atoms with Crippen molar-refractivity contribution in [1.29, 1.82) is 0 Å². The third-order valence-electron chi connectivity index (χ3n) is 2.53. The van der Waals surface area contributed by atoms with Crippen molar-refractivity contribution in [1.82, 2.24) is 15.2 Å². The van der Waals surface area contributed by atoms with Crippen molar-refractivity contribution in [3.05, 3.63) is 0 Å². The smallest absolute Gasteiger partial charge is 0.237 e. The van der Waals surface area contributed by atoms with Crippen LogP contribution in [-0.2, 0) is 4.79 Å². The maximum Gasteiger partial charge on any atom is 0.237 e. The number of hydrogen-bond donors (Lipinski definition) is 2. The second-order valence-electron chi connectivity index (χ2n) is 4.51. The van der Waals surface area contributed by atoms with Gasteiger partial charge in [0, 0.05) is 25.6 Å². The highest BCUT2D eigenvalue weighted by molar-refractivity contribution is 5.77. The highest BCUT2D eigenvalue weighted by Gasteiger charge is 2.15. The average molecular weight is 230 g/mol. The molecule has 0 heterocycles. The lowest BCUT2D eigenvalue weighted by Crippen LogP contribution is -2.42. The summed E-state index contributed by atoms with van der Waals surface area (Å²) >= 11 is 0. The molecule has 1 amide bonds. The van der Waals surface area contributed by atoms with Crippen molar-refractivity contribution in [2.45, 2.75) is 20.3 Å². The van der Waals surface area contributed by atoms with Crippen LogP contribution in [0.1, 0.15) is 20.3 Å². The Hall–Kier alpha value is -0.650. The number of nitrogens with two attached hydrogens (primary N) is 1. The molecule has 0 aromatic rings. The molecular formula is C11H26N4O. The lowest BCUT2D eigenvalue weighted by Gasteiger charge is -2.25. The number of carbonyl (C=O) groups excluding carboxylic acids is 1. The molecule has 0 radical (unpaired) electrons. The molecule has 0 saturated heterocycles. The van der Waals surface area contributed by atoms with Crippen LogP contribution in [0, 0.1) is 5.92 Å². The van der Waals surface area contributed by atoms with Gasteiger partial charge >= 0.3 is 0 Å². The van der Waals surface area contributed by atoms with E-state index < -0.39 is 0 Å². The fraction of sp³-hybridized carbons (Fsp3) is 0.909. The van der Waals surface area contributed by atoms with Crippen LogP contribution in [0.15, 0.2) is 0 Å². The fourth-order valence-corrected chi connectivity index (χ4v) is 1.56. The molecule has 5 nitrogen and oxygen atoms in total. The van der Waals surface area contributed by atoms with Gasteiger partial charge in [0.05, 0.1) is 0 Å². The molecule has 0 aliphatic carbocycles. The Morgan fingerprint density at radius 2 is 1.94 bits per heavy atom. The average Bonchev–Trinajstić information content (AvgIpc) is 2.24. The zero-order chi connectivity index (χ0) is 12.6. The maximum absolute atomic E-state index is 11.3. The van der Waals surface area contributed by atoms with Crippen molar-refractivity contribution in [2.24, 2.45) is 11.8 Å². The summed E-state index contributed by atoms with van der Waals surface area (Å²) in [5.74, 6) is 4.97. The summed E-state index contributed by atoms with van der Waals surface area (Å²) < 4.78 is 0. The summed E-state index contributed by atoms with van der Waals surface area (Å²) in [6, 6.07) is 0. The molecule has 0 spiro atoms. The number of carbonyl (C=O) groups is 1. The van der Waals surface area contributed by atoms with E-state index in [-0.39, 0.29) is 11.8 Å². The zero-order valence-corrected chi connectivity index (χ0v) is 11.0. The molecule has 0 aliphatic rings. The van der Waals surface area contributed by atoms with E-state index in [2.05, 4.69) is 36.2 Å². The number of hydrogen-bond acceptors (Lipinski definition) is 4. The van der Waals surface area contributed by atoms with Gasteiger partial charge in [-0.15, -0.1) is 0 Å². The Balaban J connectivity index is 4.05. The van der Waals surface area contributed by atoms with Crippen LogP contribution in [0.4, 0.5) is 0 Å². The van der Waals surface area contributed by atoms with E-state index in [4.69, 9.17) is 5.84 Å². The summed E-state index contributed by atoms with van der Waals surface area (Å²) in [7, 11) is 4.11. The number of hydrazine groups is 1. The summed E-state index contributed by atoms with van der Waals surface area (Å²) in [5, 5.41) is 0. The largest absolute Gasteiger partial charge is 0.308 e. The number of nitrogens with one attached hydrogen (secondary N) is 1. The number of amides is 1. The van der Waals surface area contributed by atoms with Gasteiger partial charge in [-0.25, -0.2) is 5.84 Å². The van der Waals surface area contributed by atoms with Crippen LogP contribution in [-0.4, -0.2) is 56.0 Å². The fourth-order valence-electron chi connectivity index (χ4n) is 1.56. The first-order valence-corrected chi connectivity index (χ1v) is 5.88. The predicted molar refractivity (Wildman–Crippen MR) is 66.8 cm³/mol. The summed E-state index contributed by atoms with van der Waals surface area (Å²) in [6.07, 6.45) is 1.10. The van der Waals surface area contributed by atoms with Crippen molar-refractivity contribution in [3.63, 3.8) is 0 Å². The molecule has 96 valence electrons. The Bertz CT molecular complexity index is 196. The molecule has 0 aliphatic heterocycles. The van der Waals surface area contributed by atoms with Gasteiger partial charge in [-0.05, 0) is 27.1 Å². The number of nitrogens with zero attached hydrogens (tertiary/aromatic N) is 2. The molecule has 1 atom stereocenters. The highest BCUT2D eigenvalue weighted by Crippen LogP contribution is 2.01. The third-order valence-corrected chi connectivity index (χ3v) is 2.53. The normalized spacial score (nSPS) is 13.2. The van der Waals surface area contributed by atoms with Crippen molar-refractivity contribution in [2.75, 3.05) is 40.3 Å². The van der Waals surface area contributed by atoms with E-state index in [1.54, 1.807) is 0 Å². The molecule has 3 N–H and O–H groups in total. The van der Waals surface area contributed by atoms with E-state index in [0.717, 1.165) is 32.6 Å². The second kappa shape index (κ2) is 8.50. The first-order chi connectivity index (χ1) is 7.51. The molecule has 0 rings (SSSR count). The molecule has 5 heteroatoms. The molecular weight excluding hydrogens is 204 g/mol. The van der Waals surface area contributed by atoms with Crippen LogP contribution < -0.4 is 11.3 Å². The molecule has 0 fully saturated rings. The first-order valence-electron chi connectivity index (χ1n) is 5.88. The van der Waals surface area contributed by atoms with Crippen LogP contribution >= 0.6 is 0 Å². The summed E-state index contributed by atoms with van der Waals surface area (Å²) in [5.41, 5.74) is 2.20. The minimum atomic E-state index is -0.0917. The monoisotopic (exact) mass is 230 g/mol. The van der Waals surface area contributed by atoms with Gasteiger partial charge in [0.1, 0.15) is 0 Å². The third kappa shape index (κ3) is 6.76. The first kappa shape index (κ1) is 15.3. The van der Waals surface area contributed by atoms with E-state index in [1.807, 2.05) is 6.92 Å². The van der Waals surface area contributed by atoms with Gasteiger partial charge in [0.25, 0.3) is 0 Å². The van der Waals surface area contributed by atoms with Gasteiger partial charge in [0.2, 0.25) is 5.91 Å². The van der Waals surface area contributed by atoms with Crippen LogP contribution in [0.5, 0.6) is 0 Å². The van der Waals surface area contributed by atoms with Gasteiger partial charge in [-0.3, -0.25) is 10.2 Å². The van der Waals surface area contributed by atoms with Gasteiger partial charge in [-0.1, -0.05) is 13.8 Å². The lowest BCUT2D eigenvalue weighted by atomic mass is 10.1. The van der Waals surface area contributed by atoms with Gasteiger partial charge in [0.15, 0.2) is 0 Å². The minimum absolute atomic E-state index is 0.0567. The molecule has 16 heavy (non-hydrogen) atoms. The van der Waals surface area contributed by atoms with Crippen molar-refractivity contribution in [3.8, 4) is 0 Å². The summed E-state index contributed by atoms with van der Waals surface area (Å²) in [4.78, 5) is 15.8. The van der Waals surface area contributed by atoms with E-state index in [9.17, 15) is 4.79 Å². The topological polar surface area (TPSA) is 61.6 Å². The molecule has 0 aromatic heterocycles. The Morgan fingerprint density at radius 3 is 2.38 bits per heavy atom. The van der Waals surface area contributed by atoms with E-state index in [0.29, 0.717) is 0 Å². The van der Waals surface area contributed by atoms with Crippen molar-refractivity contribution < 1.29 is 4.79 Å². The quantitative estimate of drug-likeness (QED) is 0.347. The Kier molecular flexibility index (Phi) is 8.15. The second-order valence-corrected chi connectivity index (χ2v) is 4.51. The number of rotatable bonds is 8. The van der Waals surface area contributed by atoms with Crippen LogP contribution in [0.25, 0.3) is 0 Å². The van der Waals surface area contributed by atoms with Gasteiger partial charge in [-0.2, -0.15) is 0 Å². The van der Waals surface area contributed by atoms with Crippen LogP contribution in [0.2, 0.25) is 0 Å².